The standard InChI is InChI=1S/C15H30N2O/c1-11(2)6-4-5-9-17-15(18)13-8-7-12(3)14(16)10-13/h11-14H,4-10,16H2,1-3H3,(H,17,18). The van der Waals surface area contributed by atoms with Crippen molar-refractivity contribution in [2.24, 2.45) is 23.5 Å². The zero-order chi connectivity index (χ0) is 13.5. The highest BCUT2D eigenvalue weighted by atomic mass is 16.1. The molecule has 18 heavy (non-hydrogen) atoms. The molecule has 1 aliphatic carbocycles. The van der Waals surface area contributed by atoms with Crippen LogP contribution in [0.15, 0.2) is 0 Å². The van der Waals surface area contributed by atoms with Crippen molar-refractivity contribution in [3.8, 4) is 0 Å². The molecule has 1 aliphatic rings. The van der Waals surface area contributed by atoms with Crippen LogP contribution in [0.2, 0.25) is 0 Å². The lowest BCUT2D eigenvalue weighted by Gasteiger charge is -2.31. The molecular formula is C15H30N2O. The van der Waals surface area contributed by atoms with Crippen LogP contribution in [0, 0.1) is 17.8 Å². The second kappa shape index (κ2) is 7.78. The number of nitrogens with two attached hydrogens (primary N) is 1. The Morgan fingerprint density at radius 2 is 2.06 bits per heavy atom. The smallest absolute Gasteiger partial charge is 0.223 e. The van der Waals surface area contributed by atoms with Crippen molar-refractivity contribution in [3.63, 3.8) is 0 Å². The van der Waals surface area contributed by atoms with Gasteiger partial charge in [0.25, 0.3) is 0 Å². The van der Waals surface area contributed by atoms with Gasteiger partial charge < -0.3 is 11.1 Å². The molecule has 0 spiro atoms. The lowest BCUT2D eigenvalue weighted by atomic mass is 9.79. The van der Waals surface area contributed by atoms with Gasteiger partial charge in [0, 0.05) is 18.5 Å². The van der Waals surface area contributed by atoms with Crippen LogP contribution in [0.4, 0.5) is 0 Å². The minimum atomic E-state index is 0.154. The van der Waals surface area contributed by atoms with E-state index in [9.17, 15) is 4.79 Å². The van der Waals surface area contributed by atoms with Gasteiger partial charge in [-0.15, -0.1) is 0 Å². The van der Waals surface area contributed by atoms with Gasteiger partial charge in [-0.1, -0.05) is 33.6 Å². The molecule has 0 aliphatic heterocycles. The average Bonchev–Trinajstić information content (AvgIpc) is 2.31. The highest BCUT2D eigenvalue weighted by molar-refractivity contribution is 5.78. The Bertz CT molecular complexity index is 253. The van der Waals surface area contributed by atoms with Crippen LogP contribution in [-0.2, 0) is 4.79 Å². The molecule has 0 saturated heterocycles. The van der Waals surface area contributed by atoms with Crippen molar-refractivity contribution in [3.05, 3.63) is 0 Å². The summed E-state index contributed by atoms with van der Waals surface area (Å²) in [6.07, 6.45) is 6.51. The molecule has 1 amide bonds. The molecule has 1 fully saturated rings. The van der Waals surface area contributed by atoms with Crippen LogP contribution >= 0.6 is 0 Å². The summed E-state index contributed by atoms with van der Waals surface area (Å²) in [7, 11) is 0. The Hall–Kier alpha value is -0.570. The van der Waals surface area contributed by atoms with Crippen molar-refractivity contribution in [2.75, 3.05) is 6.54 Å². The minimum Gasteiger partial charge on any atom is -0.356 e. The van der Waals surface area contributed by atoms with E-state index in [0.29, 0.717) is 5.92 Å². The summed E-state index contributed by atoms with van der Waals surface area (Å²) in [6.45, 7) is 7.49. The summed E-state index contributed by atoms with van der Waals surface area (Å²) in [6, 6.07) is 0.204. The van der Waals surface area contributed by atoms with Gasteiger partial charge >= 0.3 is 0 Å². The van der Waals surface area contributed by atoms with Gasteiger partial charge in [-0.05, 0) is 37.5 Å². The van der Waals surface area contributed by atoms with E-state index in [1.165, 1.54) is 12.8 Å². The molecule has 0 heterocycles. The van der Waals surface area contributed by atoms with Gasteiger partial charge in [0.1, 0.15) is 0 Å². The van der Waals surface area contributed by atoms with E-state index in [-0.39, 0.29) is 17.9 Å². The van der Waals surface area contributed by atoms with Crippen LogP contribution in [0.3, 0.4) is 0 Å². The maximum atomic E-state index is 12.0. The zero-order valence-corrected chi connectivity index (χ0v) is 12.2. The second-order valence-corrected chi connectivity index (χ2v) is 6.33. The van der Waals surface area contributed by atoms with Crippen molar-refractivity contribution >= 4 is 5.91 Å². The fourth-order valence-electron chi connectivity index (χ4n) is 2.63. The third-order valence-corrected chi connectivity index (χ3v) is 4.14. The number of carbonyl (C=O) groups is 1. The third-order valence-electron chi connectivity index (χ3n) is 4.14. The van der Waals surface area contributed by atoms with Gasteiger partial charge in [0.2, 0.25) is 5.91 Å². The molecule has 3 N–H and O–H groups in total. The second-order valence-electron chi connectivity index (χ2n) is 6.33. The van der Waals surface area contributed by atoms with Gasteiger partial charge in [-0.25, -0.2) is 0 Å². The first kappa shape index (κ1) is 15.5. The minimum absolute atomic E-state index is 0.154. The Balaban J connectivity index is 2.13. The Morgan fingerprint density at radius 1 is 1.33 bits per heavy atom. The van der Waals surface area contributed by atoms with Crippen molar-refractivity contribution < 1.29 is 4.79 Å². The summed E-state index contributed by atoms with van der Waals surface area (Å²) in [5.74, 6) is 1.71. The molecule has 3 atom stereocenters. The Kier molecular flexibility index (Phi) is 6.69. The molecule has 0 bridgehead atoms. The normalized spacial score (nSPS) is 28.4. The number of nitrogens with one attached hydrogen (secondary N) is 1. The number of unbranched alkanes of at least 4 members (excludes halogenated alkanes) is 1. The number of rotatable bonds is 6. The van der Waals surface area contributed by atoms with E-state index < -0.39 is 0 Å². The molecule has 106 valence electrons. The molecule has 0 aromatic carbocycles. The highest BCUT2D eigenvalue weighted by Gasteiger charge is 2.29. The van der Waals surface area contributed by atoms with Crippen LogP contribution in [-0.4, -0.2) is 18.5 Å². The molecule has 1 rings (SSSR count). The van der Waals surface area contributed by atoms with Crippen LogP contribution in [0.25, 0.3) is 0 Å². The fraction of sp³-hybridized carbons (Fsp3) is 0.933. The van der Waals surface area contributed by atoms with Crippen molar-refractivity contribution in [1.29, 1.82) is 0 Å². The van der Waals surface area contributed by atoms with E-state index in [4.69, 9.17) is 5.73 Å². The van der Waals surface area contributed by atoms with Crippen LogP contribution < -0.4 is 11.1 Å². The number of amides is 1. The summed E-state index contributed by atoms with van der Waals surface area (Å²) in [4.78, 5) is 12.0. The number of hydrogen-bond donors (Lipinski definition) is 2. The maximum absolute atomic E-state index is 12.0. The van der Waals surface area contributed by atoms with Gasteiger partial charge in [-0.3, -0.25) is 4.79 Å². The summed E-state index contributed by atoms with van der Waals surface area (Å²) < 4.78 is 0. The monoisotopic (exact) mass is 254 g/mol. The lowest BCUT2D eigenvalue weighted by Crippen LogP contribution is -2.41. The molecule has 1 saturated carbocycles. The molecule has 3 heteroatoms. The molecule has 0 aromatic rings. The SMILES string of the molecule is CC(C)CCCCNC(=O)C1CCC(C)C(N)C1. The zero-order valence-electron chi connectivity index (χ0n) is 12.2. The van der Waals surface area contributed by atoms with Crippen molar-refractivity contribution in [1.82, 2.24) is 5.32 Å². The summed E-state index contributed by atoms with van der Waals surface area (Å²) in [5.41, 5.74) is 6.04. The fourth-order valence-corrected chi connectivity index (χ4v) is 2.63. The summed E-state index contributed by atoms with van der Waals surface area (Å²) in [5, 5.41) is 3.07. The van der Waals surface area contributed by atoms with Crippen LogP contribution in [0.5, 0.6) is 0 Å². The van der Waals surface area contributed by atoms with Crippen molar-refractivity contribution in [2.45, 2.75) is 65.3 Å². The highest BCUT2D eigenvalue weighted by Crippen LogP contribution is 2.27. The first-order valence-electron chi connectivity index (χ1n) is 7.54. The summed E-state index contributed by atoms with van der Waals surface area (Å²) >= 11 is 0. The number of hydrogen-bond acceptors (Lipinski definition) is 2. The predicted molar refractivity (Wildman–Crippen MR) is 76.2 cm³/mol. The first-order chi connectivity index (χ1) is 8.50. The molecule has 3 nitrogen and oxygen atoms in total. The number of carbonyl (C=O) groups excluding carboxylic acids is 1. The van der Waals surface area contributed by atoms with E-state index in [0.717, 1.165) is 38.1 Å². The first-order valence-corrected chi connectivity index (χ1v) is 7.54. The topological polar surface area (TPSA) is 55.1 Å². The van der Waals surface area contributed by atoms with E-state index in [1.54, 1.807) is 0 Å². The van der Waals surface area contributed by atoms with Gasteiger partial charge in [-0.2, -0.15) is 0 Å². The quantitative estimate of drug-likeness (QED) is 0.716. The predicted octanol–water partition coefficient (Wildman–Crippen LogP) is 2.69. The van der Waals surface area contributed by atoms with E-state index in [1.807, 2.05) is 0 Å². The van der Waals surface area contributed by atoms with Crippen LogP contribution in [0.1, 0.15) is 59.3 Å². The Morgan fingerprint density at radius 3 is 2.67 bits per heavy atom. The van der Waals surface area contributed by atoms with E-state index in [2.05, 4.69) is 26.1 Å². The average molecular weight is 254 g/mol. The molecule has 0 radical (unpaired) electrons. The largest absolute Gasteiger partial charge is 0.356 e. The molecular weight excluding hydrogens is 224 g/mol. The third kappa shape index (κ3) is 5.38. The lowest BCUT2D eigenvalue weighted by molar-refractivity contribution is -0.126. The maximum Gasteiger partial charge on any atom is 0.223 e. The van der Waals surface area contributed by atoms with E-state index >= 15 is 0 Å². The van der Waals surface area contributed by atoms with Gasteiger partial charge in [0.15, 0.2) is 0 Å². The van der Waals surface area contributed by atoms with Gasteiger partial charge in [0.05, 0.1) is 0 Å². The molecule has 3 unspecified atom stereocenters. The Labute approximate surface area is 112 Å². The molecule has 0 aromatic heterocycles.